The van der Waals surface area contributed by atoms with Gasteiger partial charge in [-0.05, 0) is 48.7 Å². The molecule has 1 N–H and O–H groups in total. The Morgan fingerprint density at radius 2 is 1.91 bits per heavy atom. The van der Waals surface area contributed by atoms with Gasteiger partial charge in [-0.3, -0.25) is 4.79 Å². The normalized spacial score (nSPS) is 15.2. The quantitative estimate of drug-likeness (QED) is 0.476. The molecule has 0 saturated carbocycles. The molecule has 0 radical (unpaired) electrons. The lowest BCUT2D eigenvalue weighted by atomic mass is 10.0. The Bertz CT molecular complexity index is 972. The van der Waals surface area contributed by atoms with Crippen molar-refractivity contribution in [3.63, 3.8) is 0 Å². The molecular weight excluding hydrogens is 449 g/mol. The number of carbonyl (C=O) groups excluding carboxylic acids is 1. The maximum atomic E-state index is 12.7. The van der Waals surface area contributed by atoms with Crippen molar-refractivity contribution in [3.8, 4) is 11.5 Å². The van der Waals surface area contributed by atoms with Crippen molar-refractivity contribution in [1.82, 2.24) is 10.3 Å². The van der Waals surface area contributed by atoms with Crippen LogP contribution in [0.2, 0.25) is 0 Å². The van der Waals surface area contributed by atoms with E-state index >= 15 is 0 Å². The van der Waals surface area contributed by atoms with Crippen LogP contribution in [0.4, 0.5) is 27.8 Å². The van der Waals surface area contributed by atoms with Crippen molar-refractivity contribution in [2.45, 2.75) is 31.7 Å². The van der Waals surface area contributed by atoms with Gasteiger partial charge < -0.3 is 19.7 Å². The maximum absolute atomic E-state index is 12.7. The summed E-state index contributed by atoms with van der Waals surface area (Å²) < 4.78 is 72.2. The topological polar surface area (TPSA) is 63.7 Å². The molecule has 1 aromatic carbocycles. The smallest absolute Gasteiger partial charge is 0.417 e. The maximum Gasteiger partial charge on any atom is 0.417 e. The third kappa shape index (κ3) is 6.80. The van der Waals surface area contributed by atoms with E-state index in [0.717, 1.165) is 12.3 Å². The number of amides is 1. The van der Waals surface area contributed by atoms with Crippen LogP contribution in [-0.4, -0.2) is 43.7 Å². The first-order valence-corrected chi connectivity index (χ1v) is 10.1. The van der Waals surface area contributed by atoms with Crippen LogP contribution in [0.5, 0.6) is 11.5 Å². The van der Waals surface area contributed by atoms with Gasteiger partial charge in [0.2, 0.25) is 5.91 Å². The van der Waals surface area contributed by atoms with Crippen molar-refractivity contribution < 1.29 is 36.2 Å². The van der Waals surface area contributed by atoms with Crippen LogP contribution in [0.1, 0.15) is 24.0 Å². The number of alkyl halides is 5. The third-order valence-electron chi connectivity index (χ3n) is 5.07. The SMILES string of the molecule is COc1cc(/C=C/C(=O)NC2CCN(c3ccc(C(F)(F)F)cn3)CC2)ccc1OC(F)F. The number of hydrogen-bond donors (Lipinski definition) is 1. The van der Waals surface area contributed by atoms with Crippen LogP contribution in [-0.2, 0) is 11.0 Å². The second-order valence-electron chi connectivity index (χ2n) is 7.29. The van der Waals surface area contributed by atoms with Crippen LogP contribution in [0.25, 0.3) is 6.08 Å². The van der Waals surface area contributed by atoms with Crippen LogP contribution >= 0.6 is 0 Å². The molecule has 1 amide bonds. The molecule has 1 aliphatic heterocycles. The lowest BCUT2D eigenvalue weighted by molar-refractivity contribution is -0.137. The summed E-state index contributed by atoms with van der Waals surface area (Å²) in [5.41, 5.74) is -0.235. The second-order valence-corrected chi connectivity index (χ2v) is 7.29. The number of nitrogens with one attached hydrogen (secondary N) is 1. The molecule has 1 aromatic heterocycles. The molecule has 1 aliphatic rings. The van der Waals surface area contributed by atoms with Gasteiger partial charge in [-0.15, -0.1) is 0 Å². The van der Waals surface area contributed by atoms with Gasteiger partial charge in [0.1, 0.15) is 5.82 Å². The first-order valence-electron chi connectivity index (χ1n) is 10.1. The molecule has 33 heavy (non-hydrogen) atoms. The van der Waals surface area contributed by atoms with Crippen molar-refractivity contribution in [3.05, 3.63) is 53.7 Å². The van der Waals surface area contributed by atoms with Gasteiger partial charge in [-0.1, -0.05) is 6.07 Å². The number of anilines is 1. The Morgan fingerprint density at radius 3 is 2.48 bits per heavy atom. The number of halogens is 5. The lowest BCUT2D eigenvalue weighted by Crippen LogP contribution is -2.44. The molecule has 0 atom stereocenters. The van der Waals surface area contributed by atoms with E-state index in [-0.39, 0.29) is 23.4 Å². The highest BCUT2D eigenvalue weighted by molar-refractivity contribution is 5.92. The van der Waals surface area contributed by atoms with Gasteiger partial charge in [0.15, 0.2) is 11.5 Å². The summed E-state index contributed by atoms with van der Waals surface area (Å²) in [7, 11) is 1.32. The van der Waals surface area contributed by atoms with Crippen LogP contribution in [0, 0.1) is 0 Å². The number of ether oxygens (including phenoxy) is 2. The van der Waals surface area contributed by atoms with Crippen molar-refractivity contribution in [2.75, 3.05) is 25.1 Å². The summed E-state index contributed by atoms with van der Waals surface area (Å²) in [6.07, 6.45) is 0.446. The minimum atomic E-state index is -4.43. The molecule has 2 aromatic rings. The molecule has 0 bridgehead atoms. The van der Waals surface area contributed by atoms with E-state index in [1.807, 2.05) is 4.90 Å². The molecule has 0 aliphatic carbocycles. The summed E-state index contributed by atoms with van der Waals surface area (Å²) in [6.45, 7) is -1.90. The van der Waals surface area contributed by atoms with E-state index < -0.39 is 18.4 Å². The number of rotatable bonds is 7. The molecule has 1 saturated heterocycles. The van der Waals surface area contributed by atoms with Crippen LogP contribution in [0.3, 0.4) is 0 Å². The van der Waals surface area contributed by atoms with Crippen LogP contribution in [0.15, 0.2) is 42.6 Å². The summed E-state index contributed by atoms with van der Waals surface area (Å²) in [4.78, 5) is 18.0. The standard InChI is InChI=1S/C22H22F5N3O3/c1-32-18-12-14(2-5-17(18)33-21(23)24)3-7-20(31)29-16-8-10-30(11-9-16)19-6-4-15(13-28-19)22(25,26)27/h2-7,12-13,16,21H,8-11H2,1H3,(H,29,31)/b7-3+. The molecular formula is C22H22F5N3O3. The van der Waals surface area contributed by atoms with Gasteiger partial charge in [0.05, 0.1) is 12.7 Å². The first-order chi connectivity index (χ1) is 15.7. The minimum absolute atomic E-state index is 0.0933. The lowest BCUT2D eigenvalue weighted by Gasteiger charge is -2.33. The van der Waals surface area contributed by atoms with Gasteiger partial charge in [-0.2, -0.15) is 22.0 Å². The van der Waals surface area contributed by atoms with Crippen molar-refractivity contribution in [2.24, 2.45) is 0 Å². The van der Waals surface area contributed by atoms with E-state index in [1.165, 1.54) is 43.5 Å². The van der Waals surface area contributed by atoms with Gasteiger partial charge in [0, 0.05) is 31.4 Å². The minimum Gasteiger partial charge on any atom is -0.493 e. The zero-order chi connectivity index (χ0) is 24.0. The predicted octanol–water partition coefficient (Wildman–Crippen LogP) is 4.51. The zero-order valence-corrected chi connectivity index (χ0v) is 17.6. The highest BCUT2D eigenvalue weighted by Gasteiger charge is 2.31. The zero-order valence-electron chi connectivity index (χ0n) is 17.6. The first kappa shape index (κ1) is 24.3. The van der Waals surface area contributed by atoms with Gasteiger partial charge in [0.25, 0.3) is 0 Å². The highest BCUT2D eigenvalue weighted by Crippen LogP contribution is 2.31. The number of piperidine rings is 1. The summed E-state index contributed by atoms with van der Waals surface area (Å²) in [5.74, 6) is 0.138. The van der Waals surface area contributed by atoms with E-state index in [2.05, 4.69) is 15.0 Å². The third-order valence-corrected chi connectivity index (χ3v) is 5.07. The fourth-order valence-electron chi connectivity index (χ4n) is 3.40. The fourth-order valence-corrected chi connectivity index (χ4v) is 3.40. The molecule has 1 fully saturated rings. The summed E-state index contributed by atoms with van der Waals surface area (Å²) in [5, 5.41) is 2.88. The van der Waals surface area contributed by atoms with E-state index in [1.54, 1.807) is 0 Å². The van der Waals surface area contributed by atoms with Crippen molar-refractivity contribution >= 4 is 17.8 Å². The molecule has 2 heterocycles. The number of benzene rings is 1. The molecule has 11 heteroatoms. The molecule has 178 valence electrons. The number of hydrogen-bond acceptors (Lipinski definition) is 5. The average Bonchev–Trinajstić information content (AvgIpc) is 2.78. The Kier molecular flexibility index (Phi) is 7.72. The van der Waals surface area contributed by atoms with Gasteiger partial charge in [-0.25, -0.2) is 4.98 Å². The molecule has 6 nitrogen and oxygen atoms in total. The number of methoxy groups -OCH3 is 1. The van der Waals surface area contributed by atoms with E-state index in [0.29, 0.717) is 37.3 Å². The molecule has 3 rings (SSSR count). The van der Waals surface area contributed by atoms with Crippen molar-refractivity contribution in [1.29, 1.82) is 0 Å². The van der Waals surface area contributed by atoms with E-state index in [4.69, 9.17) is 4.74 Å². The number of pyridine rings is 1. The Labute approximate surface area is 187 Å². The number of nitrogens with zero attached hydrogens (tertiary/aromatic N) is 2. The van der Waals surface area contributed by atoms with E-state index in [9.17, 15) is 26.7 Å². The second kappa shape index (κ2) is 10.5. The molecule has 0 unspecified atom stereocenters. The number of carbonyl (C=O) groups is 1. The monoisotopic (exact) mass is 471 g/mol. The largest absolute Gasteiger partial charge is 0.493 e. The Morgan fingerprint density at radius 1 is 1.18 bits per heavy atom. The molecule has 0 spiro atoms. The Hall–Kier alpha value is -3.37. The highest BCUT2D eigenvalue weighted by atomic mass is 19.4. The average molecular weight is 471 g/mol. The van der Waals surface area contributed by atoms with Gasteiger partial charge >= 0.3 is 12.8 Å². The predicted molar refractivity (Wildman–Crippen MR) is 111 cm³/mol. The summed E-state index contributed by atoms with van der Waals surface area (Å²) in [6, 6.07) is 6.56. The summed E-state index contributed by atoms with van der Waals surface area (Å²) >= 11 is 0. The Balaban J connectivity index is 1.50. The number of aromatic nitrogens is 1. The fraction of sp³-hybridized carbons (Fsp3) is 0.364. The van der Waals surface area contributed by atoms with Crippen LogP contribution < -0.4 is 19.7 Å².